The molecule has 1 amide bonds. The van der Waals surface area contributed by atoms with Crippen molar-refractivity contribution in [2.45, 2.75) is 32.7 Å². The Morgan fingerprint density at radius 3 is 2.85 bits per heavy atom. The van der Waals surface area contributed by atoms with Crippen LogP contribution >= 0.6 is 11.3 Å². The lowest BCUT2D eigenvalue weighted by molar-refractivity contribution is 0.0936. The number of nitrogens with zero attached hydrogens (tertiary/aromatic N) is 4. The summed E-state index contributed by atoms with van der Waals surface area (Å²) in [6.45, 7) is 5.36. The van der Waals surface area contributed by atoms with Gasteiger partial charge in [0.2, 0.25) is 5.95 Å². The van der Waals surface area contributed by atoms with Gasteiger partial charge < -0.3 is 14.6 Å². The number of thiazole rings is 1. The van der Waals surface area contributed by atoms with Crippen molar-refractivity contribution in [2.24, 2.45) is 0 Å². The molecule has 3 aromatic heterocycles. The lowest BCUT2D eigenvalue weighted by atomic mass is 10.1. The topological polar surface area (TPSA) is 84.2 Å². The fourth-order valence-electron chi connectivity index (χ4n) is 3.24. The maximum atomic E-state index is 12.8. The van der Waals surface area contributed by atoms with E-state index in [9.17, 15) is 4.79 Å². The molecule has 1 aliphatic rings. The first-order chi connectivity index (χ1) is 13.1. The number of rotatable bonds is 4. The Morgan fingerprint density at radius 2 is 2.11 bits per heavy atom. The molecule has 1 atom stereocenters. The summed E-state index contributed by atoms with van der Waals surface area (Å²) in [5, 5.41) is 3.88. The number of aromatic nitrogens is 3. The lowest BCUT2D eigenvalue weighted by Crippen LogP contribution is -2.48. The van der Waals surface area contributed by atoms with Crippen LogP contribution in [0.3, 0.4) is 0 Å². The molecule has 27 heavy (non-hydrogen) atoms. The average molecular weight is 383 g/mol. The number of carbonyl (C=O) groups is 1. The smallest absolute Gasteiger partial charge is 0.263 e. The second kappa shape index (κ2) is 7.48. The molecule has 7 nitrogen and oxygen atoms in total. The third kappa shape index (κ3) is 3.85. The Hall–Kier alpha value is -2.74. The Balaban J connectivity index is 1.45. The Bertz CT molecular complexity index is 937. The van der Waals surface area contributed by atoms with Crippen LogP contribution in [0, 0.1) is 13.8 Å². The van der Waals surface area contributed by atoms with Crippen LogP contribution in [0.4, 0.5) is 5.95 Å². The molecule has 8 heteroatoms. The zero-order valence-electron chi connectivity index (χ0n) is 15.3. The molecule has 0 aliphatic carbocycles. The van der Waals surface area contributed by atoms with Crippen molar-refractivity contribution in [3.63, 3.8) is 0 Å². The van der Waals surface area contributed by atoms with E-state index >= 15 is 0 Å². The molecule has 0 aromatic carbocycles. The van der Waals surface area contributed by atoms with Crippen molar-refractivity contribution in [1.29, 1.82) is 0 Å². The quantitative estimate of drug-likeness (QED) is 0.745. The number of hydrogen-bond donors (Lipinski definition) is 1. The van der Waals surface area contributed by atoms with Gasteiger partial charge in [0.25, 0.3) is 5.91 Å². The highest BCUT2D eigenvalue weighted by Crippen LogP contribution is 2.29. The summed E-state index contributed by atoms with van der Waals surface area (Å²) in [6.07, 6.45) is 5.41. The van der Waals surface area contributed by atoms with Crippen molar-refractivity contribution in [3.05, 3.63) is 46.9 Å². The van der Waals surface area contributed by atoms with Crippen LogP contribution in [0.25, 0.3) is 10.8 Å². The Kier molecular flexibility index (Phi) is 4.89. The van der Waals surface area contributed by atoms with Crippen molar-refractivity contribution in [3.8, 4) is 10.8 Å². The first-order valence-electron chi connectivity index (χ1n) is 8.97. The van der Waals surface area contributed by atoms with Crippen molar-refractivity contribution in [2.75, 3.05) is 18.0 Å². The summed E-state index contributed by atoms with van der Waals surface area (Å²) in [4.78, 5) is 28.7. The highest BCUT2D eigenvalue weighted by atomic mass is 32.1. The van der Waals surface area contributed by atoms with Gasteiger partial charge in [0.1, 0.15) is 10.6 Å². The number of aryl methyl sites for hydroxylation is 2. The van der Waals surface area contributed by atoms with Gasteiger partial charge in [-0.1, -0.05) is 0 Å². The summed E-state index contributed by atoms with van der Waals surface area (Å²) in [5.41, 5.74) is 0.723. The molecule has 140 valence electrons. The number of amides is 1. The minimum atomic E-state index is -0.0830. The van der Waals surface area contributed by atoms with Gasteiger partial charge in [-0.3, -0.25) is 4.79 Å². The monoisotopic (exact) mass is 383 g/mol. The fraction of sp³-hybridized carbons (Fsp3) is 0.368. The molecular weight excluding hydrogens is 362 g/mol. The SMILES string of the molecule is Cc1ccc(-c2nc(C)c(C(=O)NC3CCCN(c4ncccn4)C3)s2)o1. The van der Waals surface area contributed by atoms with Crippen molar-refractivity contribution >= 4 is 23.2 Å². The van der Waals surface area contributed by atoms with E-state index in [4.69, 9.17) is 4.42 Å². The second-order valence-corrected chi connectivity index (χ2v) is 7.65. The van der Waals surface area contributed by atoms with E-state index in [2.05, 4.69) is 25.2 Å². The summed E-state index contributed by atoms with van der Waals surface area (Å²) in [6, 6.07) is 5.64. The summed E-state index contributed by atoms with van der Waals surface area (Å²) < 4.78 is 5.63. The van der Waals surface area contributed by atoms with Gasteiger partial charge in [-0.25, -0.2) is 15.0 Å². The van der Waals surface area contributed by atoms with E-state index < -0.39 is 0 Å². The van der Waals surface area contributed by atoms with Crippen LogP contribution in [0.5, 0.6) is 0 Å². The van der Waals surface area contributed by atoms with E-state index in [1.165, 1.54) is 11.3 Å². The van der Waals surface area contributed by atoms with Crippen LogP contribution in [0.2, 0.25) is 0 Å². The number of furan rings is 1. The molecule has 3 aromatic rings. The molecular formula is C19H21N5O2S. The van der Waals surface area contributed by atoms with Gasteiger partial charge in [-0.15, -0.1) is 11.3 Å². The highest BCUT2D eigenvalue weighted by molar-refractivity contribution is 7.17. The van der Waals surface area contributed by atoms with Gasteiger partial charge in [0.05, 0.1) is 5.69 Å². The van der Waals surface area contributed by atoms with Crippen LogP contribution < -0.4 is 10.2 Å². The second-order valence-electron chi connectivity index (χ2n) is 6.65. The molecule has 0 radical (unpaired) electrons. The van der Waals surface area contributed by atoms with Gasteiger partial charge in [0, 0.05) is 31.5 Å². The van der Waals surface area contributed by atoms with E-state index in [1.807, 2.05) is 26.0 Å². The molecule has 1 fully saturated rings. The average Bonchev–Trinajstić information content (AvgIpc) is 3.28. The van der Waals surface area contributed by atoms with Crippen LogP contribution in [-0.4, -0.2) is 40.0 Å². The van der Waals surface area contributed by atoms with Gasteiger partial charge in [-0.2, -0.15) is 0 Å². The van der Waals surface area contributed by atoms with Crippen LogP contribution in [0.15, 0.2) is 35.0 Å². The van der Waals surface area contributed by atoms with Crippen molar-refractivity contribution in [1.82, 2.24) is 20.3 Å². The largest absolute Gasteiger partial charge is 0.459 e. The van der Waals surface area contributed by atoms with Gasteiger partial charge in [-0.05, 0) is 44.9 Å². The van der Waals surface area contributed by atoms with E-state index in [0.717, 1.165) is 35.8 Å². The van der Waals surface area contributed by atoms with E-state index in [1.54, 1.807) is 18.5 Å². The van der Waals surface area contributed by atoms with E-state index in [0.29, 0.717) is 23.1 Å². The molecule has 1 aliphatic heterocycles. The molecule has 1 unspecified atom stereocenters. The zero-order chi connectivity index (χ0) is 18.8. The number of piperidine rings is 1. The number of hydrogen-bond acceptors (Lipinski definition) is 7. The predicted molar refractivity (Wildman–Crippen MR) is 104 cm³/mol. The Labute approximate surface area is 161 Å². The maximum absolute atomic E-state index is 12.8. The molecule has 0 bridgehead atoms. The molecule has 0 spiro atoms. The third-order valence-electron chi connectivity index (χ3n) is 4.55. The van der Waals surface area contributed by atoms with Crippen LogP contribution in [-0.2, 0) is 0 Å². The van der Waals surface area contributed by atoms with Crippen LogP contribution in [0.1, 0.15) is 34.0 Å². The number of carbonyl (C=O) groups excluding carboxylic acids is 1. The number of nitrogens with one attached hydrogen (secondary N) is 1. The summed E-state index contributed by atoms with van der Waals surface area (Å²) >= 11 is 1.36. The minimum absolute atomic E-state index is 0.0610. The fourth-order valence-corrected chi connectivity index (χ4v) is 4.18. The van der Waals surface area contributed by atoms with Gasteiger partial charge >= 0.3 is 0 Å². The molecule has 0 saturated carbocycles. The van der Waals surface area contributed by atoms with Crippen molar-refractivity contribution < 1.29 is 9.21 Å². The first-order valence-corrected chi connectivity index (χ1v) is 9.79. The first kappa shape index (κ1) is 17.7. The standard InChI is InChI=1S/C19H21N5O2S/c1-12-6-7-15(26-12)18-22-13(2)16(27-18)17(25)23-14-5-3-10-24(11-14)19-20-8-4-9-21-19/h4,6-9,14H,3,5,10-11H2,1-2H3,(H,23,25). The summed E-state index contributed by atoms with van der Waals surface area (Å²) in [5.74, 6) is 2.15. The minimum Gasteiger partial charge on any atom is -0.459 e. The molecule has 4 heterocycles. The highest BCUT2D eigenvalue weighted by Gasteiger charge is 2.25. The van der Waals surface area contributed by atoms with E-state index in [-0.39, 0.29) is 11.9 Å². The predicted octanol–water partition coefficient (Wildman–Crippen LogP) is 3.21. The molecule has 4 rings (SSSR count). The lowest BCUT2D eigenvalue weighted by Gasteiger charge is -2.33. The number of anilines is 1. The maximum Gasteiger partial charge on any atom is 0.263 e. The normalized spacial score (nSPS) is 17.1. The third-order valence-corrected chi connectivity index (χ3v) is 5.72. The zero-order valence-corrected chi connectivity index (χ0v) is 16.1. The summed E-state index contributed by atoms with van der Waals surface area (Å²) in [7, 11) is 0. The molecule has 1 N–H and O–H groups in total. The van der Waals surface area contributed by atoms with Gasteiger partial charge in [0.15, 0.2) is 10.8 Å². The molecule has 1 saturated heterocycles. The Morgan fingerprint density at radius 1 is 1.30 bits per heavy atom.